The Morgan fingerprint density at radius 3 is 2.46 bits per heavy atom. The second-order valence-corrected chi connectivity index (χ2v) is 6.98. The fourth-order valence-corrected chi connectivity index (χ4v) is 3.68. The van der Waals surface area contributed by atoms with Gasteiger partial charge in [0.15, 0.2) is 5.96 Å². The Kier molecular flexibility index (Phi) is 5.81. The van der Waals surface area contributed by atoms with E-state index in [0.29, 0.717) is 19.7 Å². The summed E-state index contributed by atoms with van der Waals surface area (Å²) in [5.74, 6) is 1.69. The number of hydrogen-bond donors (Lipinski definition) is 1. The van der Waals surface area contributed by atoms with Crippen molar-refractivity contribution in [2.75, 3.05) is 59.5 Å². The summed E-state index contributed by atoms with van der Waals surface area (Å²) >= 11 is 0. The van der Waals surface area contributed by atoms with E-state index in [2.05, 4.69) is 20.1 Å². The van der Waals surface area contributed by atoms with Gasteiger partial charge < -0.3 is 24.8 Å². The molecule has 0 spiro atoms. The number of hydrogen-bond acceptors (Lipinski definition) is 4. The van der Waals surface area contributed by atoms with E-state index in [1.165, 1.54) is 32.4 Å². The number of carbonyl (C=O) groups excluding carboxylic acids is 1. The van der Waals surface area contributed by atoms with Crippen LogP contribution in [0.4, 0.5) is 4.79 Å². The van der Waals surface area contributed by atoms with Gasteiger partial charge in [-0.15, -0.1) is 0 Å². The monoisotopic (exact) mass is 337 g/mol. The van der Waals surface area contributed by atoms with Crippen LogP contribution in [-0.4, -0.2) is 92.3 Å². The Bertz CT molecular complexity index is 458. The normalized spacial score (nSPS) is 25.9. The van der Waals surface area contributed by atoms with Crippen molar-refractivity contribution >= 4 is 12.1 Å². The van der Waals surface area contributed by atoms with Crippen LogP contribution in [0.25, 0.3) is 0 Å². The number of nitrogens with one attached hydrogen (secondary N) is 1. The lowest BCUT2D eigenvalue weighted by atomic mass is 10.1. The van der Waals surface area contributed by atoms with Crippen LogP contribution in [0, 0.1) is 5.92 Å². The first-order chi connectivity index (χ1) is 11.7. The lowest BCUT2D eigenvalue weighted by Gasteiger charge is -2.36. The molecule has 7 heteroatoms. The Morgan fingerprint density at radius 2 is 1.83 bits per heavy atom. The summed E-state index contributed by atoms with van der Waals surface area (Å²) < 4.78 is 5.07. The SMILES string of the molecule is CCOC(=O)N1CCN(C(=NC)NCC2CCN(C3CC3)C2)CC1. The van der Waals surface area contributed by atoms with E-state index in [-0.39, 0.29) is 6.09 Å². The zero-order chi connectivity index (χ0) is 16.9. The van der Waals surface area contributed by atoms with E-state index in [1.807, 2.05) is 14.0 Å². The third kappa shape index (κ3) is 4.32. The highest BCUT2D eigenvalue weighted by Gasteiger charge is 2.34. The molecule has 7 nitrogen and oxygen atoms in total. The standard InChI is InChI=1S/C17H31N5O2/c1-3-24-17(23)21-10-8-20(9-11-21)16(18-2)19-12-14-6-7-22(13-14)15-4-5-15/h14-15H,3-13H2,1-2H3,(H,18,19). The molecular formula is C17H31N5O2. The van der Waals surface area contributed by atoms with Crippen molar-refractivity contribution in [3.8, 4) is 0 Å². The van der Waals surface area contributed by atoms with Gasteiger partial charge in [-0.05, 0) is 38.6 Å². The van der Waals surface area contributed by atoms with E-state index in [1.54, 1.807) is 4.90 Å². The Hall–Kier alpha value is -1.50. The molecule has 1 aliphatic carbocycles. The van der Waals surface area contributed by atoms with Gasteiger partial charge in [-0.3, -0.25) is 4.99 Å². The zero-order valence-electron chi connectivity index (χ0n) is 15.0. The van der Waals surface area contributed by atoms with Crippen molar-refractivity contribution in [2.24, 2.45) is 10.9 Å². The number of rotatable bonds is 4. The molecule has 1 saturated carbocycles. The van der Waals surface area contributed by atoms with E-state index < -0.39 is 0 Å². The number of nitrogens with zero attached hydrogens (tertiary/aromatic N) is 4. The largest absolute Gasteiger partial charge is 0.450 e. The lowest BCUT2D eigenvalue weighted by Crippen LogP contribution is -2.54. The molecule has 0 aromatic rings. The average Bonchev–Trinajstić information content (AvgIpc) is 3.35. The van der Waals surface area contributed by atoms with Crippen molar-refractivity contribution in [3.05, 3.63) is 0 Å². The molecule has 1 amide bonds. The molecule has 2 aliphatic heterocycles. The van der Waals surface area contributed by atoms with Crippen LogP contribution < -0.4 is 5.32 Å². The van der Waals surface area contributed by atoms with Gasteiger partial charge in [-0.25, -0.2) is 4.79 Å². The third-order valence-electron chi connectivity index (χ3n) is 5.25. The van der Waals surface area contributed by atoms with Crippen LogP contribution >= 0.6 is 0 Å². The molecule has 0 bridgehead atoms. The van der Waals surface area contributed by atoms with Crippen LogP contribution in [0.5, 0.6) is 0 Å². The van der Waals surface area contributed by atoms with Crippen molar-refractivity contribution < 1.29 is 9.53 Å². The smallest absolute Gasteiger partial charge is 0.409 e. The maximum absolute atomic E-state index is 11.8. The minimum Gasteiger partial charge on any atom is -0.450 e. The molecule has 1 atom stereocenters. The van der Waals surface area contributed by atoms with Crippen molar-refractivity contribution in [3.63, 3.8) is 0 Å². The number of carbonyl (C=O) groups is 1. The average molecular weight is 337 g/mol. The number of piperazine rings is 1. The molecule has 3 fully saturated rings. The van der Waals surface area contributed by atoms with Gasteiger partial charge in [-0.2, -0.15) is 0 Å². The van der Waals surface area contributed by atoms with Gasteiger partial charge in [0.2, 0.25) is 0 Å². The summed E-state index contributed by atoms with van der Waals surface area (Å²) in [6.07, 6.45) is 3.88. The highest BCUT2D eigenvalue weighted by atomic mass is 16.6. The number of guanidine groups is 1. The molecular weight excluding hydrogens is 306 g/mol. The van der Waals surface area contributed by atoms with Crippen molar-refractivity contribution in [1.29, 1.82) is 0 Å². The van der Waals surface area contributed by atoms with Crippen LogP contribution in [0.1, 0.15) is 26.2 Å². The van der Waals surface area contributed by atoms with Gasteiger partial charge in [0.05, 0.1) is 6.61 Å². The van der Waals surface area contributed by atoms with Crippen LogP contribution in [-0.2, 0) is 4.74 Å². The van der Waals surface area contributed by atoms with Crippen molar-refractivity contribution in [1.82, 2.24) is 20.0 Å². The summed E-state index contributed by atoms with van der Waals surface area (Å²) in [4.78, 5) is 22.9. The van der Waals surface area contributed by atoms with Gasteiger partial charge in [0.25, 0.3) is 0 Å². The summed E-state index contributed by atoms with van der Waals surface area (Å²) in [6.45, 7) is 8.74. The molecule has 0 aromatic heterocycles. The molecule has 0 aromatic carbocycles. The summed E-state index contributed by atoms with van der Waals surface area (Å²) in [7, 11) is 1.84. The van der Waals surface area contributed by atoms with E-state index in [4.69, 9.17) is 4.74 Å². The molecule has 2 saturated heterocycles. The summed E-state index contributed by atoms with van der Waals surface area (Å²) in [6, 6.07) is 0.880. The minimum absolute atomic E-state index is 0.203. The Balaban J connectivity index is 1.40. The Labute approximate surface area is 145 Å². The van der Waals surface area contributed by atoms with Gasteiger partial charge in [0.1, 0.15) is 0 Å². The predicted octanol–water partition coefficient (Wildman–Crippen LogP) is 0.820. The topological polar surface area (TPSA) is 60.4 Å². The quantitative estimate of drug-likeness (QED) is 0.608. The molecule has 24 heavy (non-hydrogen) atoms. The van der Waals surface area contributed by atoms with Crippen LogP contribution in [0.3, 0.4) is 0 Å². The van der Waals surface area contributed by atoms with Crippen LogP contribution in [0.15, 0.2) is 4.99 Å². The molecule has 3 rings (SSSR count). The fourth-order valence-electron chi connectivity index (χ4n) is 3.68. The zero-order valence-corrected chi connectivity index (χ0v) is 15.0. The number of likely N-dealkylation sites (tertiary alicyclic amines) is 1. The van der Waals surface area contributed by atoms with Crippen LogP contribution in [0.2, 0.25) is 0 Å². The van der Waals surface area contributed by atoms with Gasteiger partial charge >= 0.3 is 6.09 Å². The lowest BCUT2D eigenvalue weighted by molar-refractivity contribution is 0.0914. The second-order valence-electron chi connectivity index (χ2n) is 6.98. The third-order valence-corrected chi connectivity index (χ3v) is 5.25. The molecule has 1 N–H and O–H groups in total. The fraction of sp³-hybridized carbons (Fsp3) is 0.882. The van der Waals surface area contributed by atoms with E-state index >= 15 is 0 Å². The first kappa shape index (κ1) is 17.3. The number of ether oxygens (including phenoxy) is 1. The van der Waals surface area contributed by atoms with Gasteiger partial charge in [-0.1, -0.05) is 0 Å². The molecule has 1 unspecified atom stereocenters. The highest BCUT2D eigenvalue weighted by Crippen LogP contribution is 2.31. The molecule has 0 radical (unpaired) electrons. The number of amides is 1. The summed E-state index contributed by atoms with van der Waals surface area (Å²) in [5, 5.41) is 3.54. The predicted molar refractivity (Wildman–Crippen MR) is 94.2 cm³/mol. The van der Waals surface area contributed by atoms with E-state index in [0.717, 1.165) is 37.6 Å². The Morgan fingerprint density at radius 1 is 1.12 bits per heavy atom. The molecule has 136 valence electrons. The van der Waals surface area contributed by atoms with E-state index in [9.17, 15) is 4.79 Å². The maximum atomic E-state index is 11.8. The first-order valence-electron chi connectivity index (χ1n) is 9.32. The molecule has 3 aliphatic rings. The highest BCUT2D eigenvalue weighted by molar-refractivity contribution is 5.80. The second kappa shape index (κ2) is 8.05. The minimum atomic E-state index is -0.203. The number of aliphatic imine (C=N–C) groups is 1. The van der Waals surface area contributed by atoms with Gasteiger partial charge in [0, 0.05) is 52.4 Å². The first-order valence-corrected chi connectivity index (χ1v) is 9.32. The van der Waals surface area contributed by atoms with Crippen molar-refractivity contribution in [2.45, 2.75) is 32.2 Å². The maximum Gasteiger partial charge on any atom is 0.409 e. The molecule has 2 heterocycles. The summed E-state index contributed by atoms with van der Waals surface area (Å²) in [5.41, 5.74) is 0.